The van der Waals surface area contributed by atoms with E-state index in [-0.39, 0.29) is 12.5 Å². The van der Waals surface area contributed by atoms with Gasteiger partial charge in [0.05, 0.1) is 12.7 Å². The van der Waals surface area contributed by atoms with Crippen LogP contribution in [0.5, 0.6) is 0 Å². The molecular weight excluding hydrogens is 146 g/mol. The van der Waals surface area contributed by atoms with Gasteiger partial charge in [0, 0.05) is 6.54 Å². The predicted octanol–water partition coefficient (Wildman–Crippen LogP) is -1.31. The van der Waals surface area contributed by atoms with Crippen molar-refractivity contribution in [3.05, 3.63) is 0 Å². The molecule has 11 heavy (non-hydrogen) atoms. The van der Waals surface area contributed by atoms with Crippen LogP contribution in [0.2, 0.25) is 0 Å². The largest absolute Gasteiger partial charge is 0.393 e. The van der Waals surface area contributed by atoms with Crippen LogP contribution in [0.15, 0.2) is 0 Å². The van der Waals surface area contributed by atoms with Crippen molar-refractivity contribution in [1.29, 1.82) is 0 Å². The molecule has 0 aromatic carbocycles. The van der Waals surface area contributed by atoms with E-state index in [0.717, 1.165) is 0 Å². The van der Waals surface area contributed by atoms with E-state index in [4.69, 9.17) is 10.8 Å². The van der Waals surface area contributed by atoms with Gasteiger partial charge in [-0.05, 0) is 5.92 Å². The molecule has 4 heteroatoms. The van der Waals surface area contributed by atoms with Gasteiger partial charge in [-0.1, -0.05) is 13.8 Å². The van der Waals surface area contributed by atoms with Crippen LogP contribution in [0.25, 0.3) is 0 Å². The summed E-state index contributed by atoms with van der Waals surface area (Å²) in [6, 6.07) is 0. The lowest BCUT2D eigenvalue weighted by Crippen LogP contribution is -2.53. The van der Waals surface area contributed by atoms with Gasteiger partial charge in [0.2, 0.25) is 0 Å². The summed E-state index contributed by atoms with van der Waals surface area (Å²) in [7, 11) is 0. The van der Waals surface area contributed by atoms with Crippen LogP contribution in [0, 0.1) is 5.92 Å². The Kier molecular flexibility index (Phi) is 3.96. The summed E-state index contributed by atoms with van der Waals surface area (Å²) in [5, 5.41) is 27.5. The Morgan fingerprint density at radius 3 is 2.00 bits per heavy atom. The van der Waals surface area contributed by atoms with Crippen molar-refractivity contribution < 1.29 is 15.3 Å². The second-order valence-electron chi connectivity index (χ2n) is 3.15. The fourth-order valence-electron chi connectivity index (χ4n) is 0.899. The van der Waals surface area contributed by atoms with E-state index in [2.05, 4.69) is 0 Å². The van der Waals surface area contributed by atoms with Crippen LogP contribution < -0.4 is 5.73 Å². The van der Waals surface area contributed by atoms with Gasteiger partial charge in [0.15, 0.2) is 0 Å². The molecular formula is C7H17NO3. The molecule has 0 fully saturated rings. The van der Waals surface area contributed by atoms with Crippen LogP contribution in [-0.2, 0) is 0 Å². The second kappa shape index (κ2) is 4.01. The number of nitrogens with two attached hydrogens (primary N) is 1. The first-order chi connectivity index (χ1) is 4.98. The summed E-state index contributed by atoms with van der Waals surface area (Å²) in [5.41, 5.74) is 3.64. The molecule has 0 aliphatic carbocycles. The second-order valence-corrected chi connectivity index (χ2v) is 3.15. The van der Waals surface area contributed by atoms with Gasteiger partial charge in [-0.15, -0.1) is 0 Å². The molecule has 0 heterocycles. The maximum absolute atomic E-state index is 9.44. The summed E-state index contributed by atoms with van der Waals surface area (Å²) in [4.78, 5) is 0. The van der Waals surface area contributed by atoms with Crippen molar-refractivity contribution in [2.24, 2.45) is 11.7 Å². The van der Waals surface area contributed by atoms with Gasteiger partial charge >= 0.3 is 0 Å². The van der Waals surface area contributed by atoms with Crippen LogP contribution in [0.3, 0.4) is 0 Å². The molecule has 0 saturated heterocycles. The minimum Gasteiger partial charge on any atom is -0.393 e. The van der Waals surface area contributed by atoms with Gasteiger partial charge in [-0.2, -0.15) is 0 Å². The first kappa shape index (κ1) is 10.8. The Morgan fingerprint density at radius 1 is 1.45 bits per heavy atom. The summed E-state index contributed by atoms with van der Waals surface area (Å²) >= 11 is 0. The fourth-order valence-corrected chi connectivity index (χ4v) is 0.899. The lowest BCUT2D eigenvalue weighted by atomic mass is 9.89. The maximum atomic E-state index is 9.44. The minimum absolute atomic E-state index is 0.115. The molecule has 0 aliphatic heterocycles. The molecule has 0 spiro atoms. The monoisotopic (exact) mass is 163 g/mol. The standard InChI is InChI=1S/C7H17NO3/c1-5(2)6(10)7(11,3-8)4-9/h5-6,9-11H,3-4,8H2,1-2H3/t6-,7?/m1/s1. The molecule has 0 amide bonds. The van der Waals surface area contributed by atoms with Crippen molar-refractivity contribution in [3.8, 4) is 0 Å². The maximum Gasteiger partial charge on any atom is 0.126 e. The fraction of sp³-hybridized carbons (Fsp3) is 1.00. The van der Waals surface area contributed by atoms with Gasteiger partial charge in [0.25, 0.3) is 0 Å². The number of hydrogen-bond donors (Lipinski definition) is 4. The average Bonchev–Trinajstić information content (AvgIpc) is 2.01. The summed E-state index contributed by atoms with van der Waals surface area (Å²) in [5.74, 6) is -0.115. The third-order valence-corrected chi connectivity index (χ3v) is 1.81. The van der Waals surface area contributed by atoms with Gasteiger partial charge < -0.3 is 21.1 Å². The topological polar surface area (TPSA) is 86.7 Å². The van der Waals surface area contributed by atoms with Crippen molar-refractivity contribution in [2.75, 3.05) is 13.2 Å². The molecule has 0 bridgehead atoms. The van der Waals surface area contributed by atoms with Gasteiger partial charge in [-0.25, -0.2) is 0 Å². The highest BCUT2D eigenvalue weighted by Gasteiger charge is 2.35. The summed E-state index contributed by atoms with van der Waals surface area (Å²) in [6.07, 6.45) is -0.975. The molecule has 68 valence electrons. The SMILES string of the molecule is CC(C)[C@@H](O)C(O)(CN)CO. The third-order valence-electron chi connectivity index (χ3n) is 1.81. The van der Waals surface area contributed by atoms with E-state index in [1.165, 1.54) is 0 Å². The zero-order valence-corrected chi connectivity index (χ0v) is 6.99. The normalized spacial score (nSPS) is 19.9. The Balaban J connectivity index is 4.24. The highest BCUT2D eigenvalue weighted by atomic mass is 16.4. The first-order valence-corrected chi connectivity index (χ1v) is 3.69. The van der Waals surface area contributed by atoms with Crippen molar-refractivity contribution in [2.45, 2.75) is 25.6 Å². The van der Waals surface area contributed by atoms with E-state index in [9.17, 15) is 10.2 Å². The highest BCUT2D eigenvalue weighted by Crippen LogP contribution is 2.15. The van der Waals surface area contributed by atoms with E-state index in [1.807, 2.05) is 0 Å². The number of aliphatic hydroxyl groups is 3. The lowest BCUT2D eigenvalue weighted by Gasteiger charge is -2.32. The molecule has 0 aromatic heterocycles. The van der Waals surface area contributed by atoms with Crippen LogP contribution in [-0.4, -0.2) is 40.2 Å². The van der Waals surface area contributed by atoms with Crippen molar-refractivity contribution in [3.63, 3.8) is 0 Å². The molecule has 5 N–H and O–H groups in total. The lowest BCUT2D eigenvalue weighted by molar-refractivity contribution is -0.115. The third kappa shape index (κ3) is 2.41. The molecule has 0 aromatic rings. The Labute approximate surface area is 66.7 Å². The molecule has 0 rings (SSSR count). The predicted molar refractivity (Wildman–Crippen MR) is 41.9 cm³/mol. The van der Waals surface area contributed by atoms with E-state index >= 15 is 0 Å². The summed E-state index contributed by atoms with van der Waals surface area (Å²) < 4.78 is 0. The molecule has 0 aliphatic rings. The van der Waals surface area contributed by atoms with Gasteiger partial charge in [-0.3, -0.25) is 0 Å². The van der Waals surface area contributed by atoms with Gasteiger partial charge in [0.1, 0.15) is 5.60 Å². The molecule has 0 saturated carbocycles. The smallest absolute Gasteiger partial charge is 0.126 e. The minimum atomic E-state index is -1.55. The van der Waals surface area contributed by atoms with Crippen LogP contribution >= 0.6 is 0 Å². The van der Waals surface area contributed by atoms with Crippen LogP contribution in [0.4, 0.5) is 0 Å². The molecule has 0 radical (unpaired) electrons. The average molecular weight is 163 g/mol. The molecule has 2 atom stereocenters. The van der Waals surface area contributed by atoms with E-state index < -0.39 is 18.3 Å². The first-order valence-electron chi connectivity index (χ1n) is 3.69. The quantitative estimate of drug-likeness (QED) is 0.414. The molecule has 1 unspecified atom stereocenters. The van der Waals surface area contributed by atoms with Crippen molar-refractivity contribution >= 4 is 0 Å². The Hall–Kier alpha value is -0.160. The zero-order chi connectivity index (χ0) is 9.07. The zero-order valence-electron chi connectivity index (χ0n) is 6.99. The number of rotatable bonds is 4. The highest BCUT2D eigenvalue weighted by molar-refractivity contribution is 4.88. The Bertz CT molecular complexity index is 112. The Morgan fingerprint density at radius 2 is 1.91 bits per heavy atom. The number of hydrogen-bond acceptors (Lipinski definition) is 4. The molecule has 4 nitrogen and oxygen atoms in total. The number of aliphatic hydroxyl groups excluding tert-OH is 2. The van der Waals surface area contributed by atoms with Crippen LogP contribution in [0.1, 0.15) is 13.8 Å². The van der Waals surface area contributed by atoms with E-state index in [0.29, 0.717) is 0 Å². The van der Waals surface area contributed by atoms with E-state index in [1.54, 1.807) is 13.8 Å². The van der Waals surface area contributed by atoms with Crippen molar-refractivity contribution in [1.82, 2.24) is 0 Å². The summed E-state index contributed by atoms with van der Waals surface area (Å²) in [6.45, 7) is 2.85.